The number of aromatic nitrogens is 4. The van der Waals surface area contributed by atoms with Crippen molar-refractivity contribution in [1.82, 2.24) is 20.1 Å². The van der Waals surface area contributed by atoms with E-state index in [1.54, 1.807) is 0 Å². The van der Waals surface area contributed by atoms with Crippen molar-refractivity contribution in [2.75, 3.05) is 18.0 Å². The minimum Gasteiger partial charge on any atom is -0.356 e. The molecule has 0 amide bonds. The van der Waals surface area contributed by atoms with Gasteiger partial charge >= 0.3 is 6.18 Å². The quantitative estimate of drug-likeness (QED) is 0.738. The lowest BCUT2D eigenvalue weighted by Gasteiger charge is -2.30. The smallest absolute Gasteiger partial charge is 0.356 e. The van der Waals surface area contributed by atoms with Crippen molar-refractivity contribution in [2.24, 2.45) is 0 Å². The average Bonchev–Trinajstić information content (AvgIpc) is 3.18. The monoisotopic (exact) mass is 391 g/mol. The molecule has 3 heterocycles. The summed E-state index contributed by atoms with van der Waals surface area (Å²) in [5.41, 5.74) is -0.709. The predicted octanol–water partition coefficient (Wildman–Crippen LogP) is 3.22. The van der Waals surface area contributed by atoms with Gasteiger partial charge in [-0.25, -0.2) is 4.98 Å². The number of anilines is 1. The van der Waals surface area contributed by atoms with Crippen molar-refractivity contribution >= 4 is 5.82 Å². The van der Waals surface area contributed by atoms with Crippen molar-refractivity contribution in [3.05, 3.63) is 58.5 Å². The molecule has 0 radical (unpaired) electrons. The van der Waals surface area contributed by atoms with Gasteiger partial charge in [-0.05, 0) is 25.0 Å². The van der Waals surface area contributed by atoms with E-state index in [-0.39, 0.29) is 22.9 Å². The number of hydrogen-bond acceptors (Lipinski definition) is 6. The summed E-state index contributed by atoms with van der Waals surface area (Å²) in [5, 5.41) is 3.85. The van der Waals surface area contributed by atoms with Gasteiger partial charge in [0, 0.05) is 30.6 Å². The van der Waals surface area contributed by atoms with Crippen molar-refractivity contribution in [3.8, 4) is 11.4 Å². The summed E-state index contributed by atoms with van der Waals surface area (Å²) in [6, 6.07) is 6.30. The lowest BCUT2D eigenvalue weighted by Crippen LogP contribution is -2.34. The van der Waals surface area contributed by atoms with E-state index in [1.807, 2.05) is 4.90 Å². The van der Waals surface area contributed by atoms with Crippen LogP contribution in [0.1, 0.15) is 30.2 Å². The molecule has 0 atom stereocenters. The number of benzene rings is 1. The van der Waals surface area contributed by atoms with Crippen LogP contribution in [0.3, 0.4) is 0 Å². The summed E-state index contributed by atoms with van der Waals surface area (Å²) < 4.78 is 44.0. The highest BCUT2D eigenvalue weighted by Gasteiger charge is 2.31. The molecule has 0 bridgehead atoms. The van der Waals surface area contributed by atoms with Crippen LogP contribution >= 0.6 is 0 Å². The highest BCUT2D eigenvalue weighted by molar-refractivity contribution is 5.55. The molecule has 1 aromatic carbocycles. The third-order valence-corrected chi connectivity index (χ3v) is 4.72. The molecule has 0 spiro atoms. The summed E-state index contributed by atoms with van der Waals surface area (Å²) in [5.74, 6) is 1.16. The number of rotatable bonds is 3. The van der Waals surface area contributed by atoms with E-state index in [9.17, 15) is 18.0 Å². The Hall–Kier alpha value is -3.17. The molecule has 4 rings (SSSR count). The second-order valence-electron chi connectivity index (χ2n) is 6.57. The van der Waals surface area contributed by atoms with Gasteiger partial charge in [-0.3, -0.25) is 4.79 Å². The van der Waals surface area contributed by atoms with Gasteiger partial charge in [-0.1, -0.05) is 17.3 Å². The first kappa shape index (κ1) is 18.2. The molecule has 1 fully saturated rings. The van der Waals surface area contributed by atoms with Crippen molar-refractivity contribution in [3.63, 3.8) is 0 Å². The zero-order valence-corrected chi connectivity index (χ0v) is 14.6. The van der Waals surface area contributed by atoms with Gasteiger partial charge in [0.2, 0.25) is 11.7 Å². The molecule has 10 heteroatoms. The van der Waals surface area contributed by atoms with Crippen molar-refractivity contribution < 1.29 is 17.7 Å². The summed E-state index contributed by atoms with van der Waals surface area (Å²) >= 11 is 0. The van der Waals surface area contributed by atoms with Gasteiger partial charge in [-0.15, -0.1) is 0 Å². The molecule has 1 aliphatic rings. The number of halogens is 3. The molecule has 146 valence electrons. The summed E-state index contributed by atoms with van der Waals surface area (Å²) in [7, 11) is 0. The van der Waals surface area contributed by atoms with Crippen LogP contribution in [0.15, 0.2) is 46.0 Å². The van der Waals surface area contributed by atoms with Crippen LogP contribution in [0.25, 0.3) is 11.4 Å². The first-order valence-corrected chi connectivity index (χ1v) is 8.71. The molecule has 1 N–H and O–H groups in total. The number of H-pyrrole nitrogens is 1. The van der Waals surface area contributed by atoms with Gasteiger partial charge in [0.05, 0.1) is 11.9 Å². The van der Waals surface area contributed by atoms with E-state index in [2.05, 4.69) is 20.1 Å². The Balaban J connectivity index is 1.46. The third kappa shape index (κ3) is 3.75. The predicted molar refractivity (Wildman–Crippen MR) is 93.8 cm³/mol. The molecular formula is C18H16F3N5O2. The first-order valence-electron chi connectivity index (χ1n) is 8.71. The van der Waals surface area contributed by atoms with Gasteiger partial charge in [0.1, 0.15) is 5.82 Å². The van der Waals surface area contributed by atoms with Gasteiger partial charge in [0.15, 0.2) is 0 Å². The second kappa shape index (κ2) is 7.10. The Kier molecular flexibility index (Phi) is 4.62. The Morgan fingerprint density at radius 2 is 1.96 bits per heavy atom. The van der Waals surface area contributed by atoms with Crippen LogP contribution in [0, 0.1) is 0 Å². The lowest BCUT2D eigenvalue weighted by molar-refractivity contribution is -0.137. The van der Waals surface area contributed by atoms with E-state index in [0.717, 1.165) is 12.1 Å². The van der Waals surface area contributed by atoms with E-state index in [1.165, 1.54) is 24.5 Å². The van der Waals surface area contributed by atoms with E-state index in [4.69, 9.17) is 4.52 Å². The maximum absolute atomic E-state index is 12.9. The lowest BCUT2D eigenvalue weighted by atomic mass is 9.97. The number of aromatic amines is 1. The molecular weight excluding hydrogens is 375 g/mol. The zero-order chi connectivity index (χ0) is 19.7. The van der Waals surface area contributed by atoms with Crippen molar-refractivity contribution in [1.29, 1.82) is 0 Å². The topological polar surface area (TPSA) is 87.9 Å². The fourth-order valence-corrected chi connectivity index (χ4v) is 3.24. The highest BCUT2D eigenvalue weighted by Crippen LogP contribution is 2.33. The SMILES string of the molecule is O=c1cc(N2CCC(c3nc(-c4cccc(C(F)(F)F)c4)no3)CC2)nc[nH]1. The molecule has 28 heavy (non-hydrogen) atoms. The fraction of sp³-hybridized carbons (Fsp3) is 0.333. The molecule has 2 aromatic heterocycles. The van der Waals surface area contributed by atoms with Crippen LogP contribution in [-0.4, -0.2) is 33.2 Å². The fourth-order valence-electron chi connectivity index (χ4n) is 3.24. The largest absolute Gasteiger partial charge is 0.416 e. The van der Waals surface area contributed by atoms with E-state index in [0.29, 0.717) is 37.6 Å². The molecule has 0 unspecified atom stereocenters. The standard InChI is InChI=1S/C18H16F3N5O2/c19-18(20,21)13-3-1-2-12(8-13)16-24-17(28-25-16)11-4-6-26(7-5-11)14-9-15(27)23-10-22-14/h1-3,8-11H,4-7H2,(H,22,23,27). The maximum atomic E-state index is 12.9. The van der Waals surface area contributed by atoms with Crippen LogP contribution < -0.4 is 10.5 Å². The Labute approximate surface area is 157 Å². The molecule has 0 saturated carbocycles. The Morgan fingerprint density at radius 1 is 1.18 bits per heavy atom. The maximum Gasteiger partial charge on any atom is 0.416 e. The summed E-state index contributed by atoms with van der Waals surface area (Å²) in [4.78, 5) is 24.4. The molecule has 7 nitrogen and oxygen atoms in total. The number of nitrogens with one attached hydrogen (secondary N) is 1. The first-order chi connectivity index (χ1) is 13.4. The zero-order valence-electron chi connectivity index (χ0n) is 14.6. The molecule has 3 aromatic rings. The van der Waals surface area contributed by atoms with Gasteiger partial charge in [0.25, 0.3) is 5.56 Å². The van der Waals surface area contributed by atoms with Gasteiger partial charge < -0.3 is 14.4 Å². The number of piperidine rings is 1. The highest BCUT2D eigenvalue weighted by atomic mass is 19.4. The third-order valence-electron chi connectivity index (χ3n) is 4.72. The van der Waals surface area contributed by atoms with E-state index >= 15 is 0 Å². The molecule has 1 aliphatic heterocycles. The van der Waals surface area contributed by atoms with Crippen LogP contribution in [-0.2, 0) is 6.18 Å². The van der Waals surface area contributed by atoms with Crippen LogP contribution in [0.2, 0.25) is 0 Å². The Bertz CT molecular complexity index is 1020. The normalized spacial score (nSPS) is 15.8. The van der Waals surface area contributed by atoms with E-state index < -0.39 is 11.7 Å². The number of nitrogens with zero attached hydrogens (tertiary/aromatic N) is 4. The van der Waals surface area contributed by atoms with Gasteiger partial charge in [-0.2, -0.15) is 18.2 Å². The Morgan fingerprint density at radius 3 is 2.68 bits per heavy atom. The minimum absolute atomic E-state index is 0.00490. The summed E-state index contributed by atoms with van der Waals surface area (Å²) in [6.45, 7) is 1.31. The summed E-state index contributed by atoms with van der Waals surface area (Å²) in [6.07, 6.45) is -1.65. The van der Waals surface area contributed by atoms with Crippen LogP contribution in [0.4, 0.5) is 19.0 Å². The number of hydrogen-bond donors (Lipinski definition) is 1. The van der Waals surface area contributed by atoms with Crippen LogP contribution in [0.5, 0.6) is 0 Å². The minimum atomic E-state index is -4.43. The average molecular weight is 391 g/mol. The second-order valence-corrected chi connectivity index (χ2v) is 6.57. The molecule has 1 saturated heterocycles. The van der Waals surface area contributed by atoms with Crippen molar-refractivity contribution in [2.45, 2.75) is 24.9 Å². The molecule has 0 aliphatic carbocycles. The number of alkyl halides is 3.